The normalized spacial score (nSPS) is 18.7. The lowest BCUT2D eigenvalue weighted by atomic mass is 9.86. The molecule has 1 atom stereocenters. The Morgan fingerprint density at radius 1 is 1.44 bits per heavy atom. The minimum Gasteiger partial charge on any atom is -0.375 e. The molecular formula is C13H12ClFN2S. The third-order valence-corrected chi connectivity index (χ3v) is 4.64. The summed E-state index contributed by atoms with van der Waals surface area (Å²) < 4.78 is 13.2. The van der Waals surface area contributed by atoms with Gasteiger partial charge in [0, 0.05) is 10.8 Å². The molecule has 0 radical (unpaired) electrons. The fourth-order valence-electron chi connectivity index (χ4n) is 2.49. The number of thiazole rings is 1. The molecule has 94 valence electrons. The second-order valence-electron chi connectivity index (χ2n) is 4.48. The summed E-state index contributed by atoms with van der Waals surface area (Å²) in [6.07, 6.45) is 3.10. The zero-order valence-electron chi connectivity index (χ0n) is 9.62. The Labute approximate surface area is 114 Å². The lowest BCUT2D eigenvalue weighted by Gasteiger charge is -2.21. The number of nitrogen functional groups attached to an aromatic ring is 1. The third-order valence-electron chi connectivity index (χ3n) is 3.31. The lowest BCUT2D eigenvalue weighted by Crippen LogP contribution is -2.09. The zero-order valence-corrected chi connectivity index (χ0v) is 11.2. The summed E-state index contributed by atoms with van der Waals surface area (Å²) in [5.74, 6) is -0.123. The van der Waals surface area contributed by atoms with E-state index in [1.54, 1.807) is 12.1 Å². The van der Waals surface area contributed by atoms with Crippen molar-refractivity contribution in [2.45, 2.75) is 25.2 Å². The highest BCUT2D eigenvalue weighted by Crippen LogP contribution is 2.41. The molecule has 1 unspecified atom stereocenters. The number of halogens is 2. The second-order valence-corrected chi connectivity index (χ2v) is 5.95. The summed E-state index contributed by atoms with van der Waals surface area (Å²) in [5, 5.41) is 0.789. The van der Waals surface area contributed by atoms with Gasteiger partial charge in [0.25, 0.3) is 0 Å². The van der Waals surface area contributed by atoms with Crippen molar-refractivity contribution in [2.75, 3.05) is 5.73 Å². The van der Waals surface area contributed by atoms with Crippen LogP contribution in [0.15, 0.2) is 18.2 Å². The van der Waals surface area contributed by atoms with E-state index in [9.17, 15) is 4.39 Å². The van der Waals surface area contributed by atoms with Gasteiger partial charge < -0.3 is 5.73 Å². The minimum absolute atomic E-state index is 0.178. The summed E-state index contributed by atoms with van der Waals surface area (Å²) >= 11 is 7.39. The monoisotopic (exact) mass is 282 g/mol. The molecule has 0 bridgehead atoms. The molecule has 1 aliphatic rings. The van der Waals surface area contributed by atoms with Gasteiger partial charge in [-0.25, -0.2) is 9.37 Å². The lowest BCUT2D eigenvalue weighted by molar-refractivity contribution is 0.608. The van der Waals surface area contributed by atoms with E-state index < -0.39 is 0 Å². The molecule has 2 aromatic rings. The van der Waals surface area contributed by atoms with E-state index in [1.165, 1.54) is 22.3 Å². The van der Waals surface area contributed by atoms with Gasteiger partial charge in [0.05, 0.1) is 10.7 Å². The molecule has 0 saturated carbocycles. The average Bonchev–Trinajstić information content (AvgIpc) is 2.72. The van der Waals surface area contributed by atoms with Crippen molar-refractivity contribution in [2.24, 2.45) is 0 Å². The van der Waals surface area contributed by atoms with E-state index in [-0.39, 0.29) is 16.8 Å². The van der Waals surface area contributed by atoms with Crippen molar-refractivity contribution in [3.63, 3.8) is 0 Å². The van der Waals surface area contributed by atoms with E-state index in [0.717, 1.165) is 30.5 Å². The van der Waals surface area contributed by atoms with Crippen molar-refractivity contribution in [3.8, 4) is 0 Å². The molecule has 0 spiro atoms. The van der Waals surface area contributed by atoms with Gasteiger partial charge in [0.1, 0.15) is 5.82 Å². The molecule has 0 amide bonds. The first kappa shape index (κ1) is 11.9. The minimum atomic E-state index is -0.375. The Bertz CT molecular complexity index is 597. The number of hydrogen-bond acceptors (Lipinski definition) is 3. The molecule has 2 N–H and O–H groups in total. The van der Waals surface area contributed by atoms with Gasteiger partial charge in [0.15, 0.2) is 5.13 Å². The number of rotatable bonds is 1. The Morgan fingerprint density at radius 2 is 2.28 bits per heavy atom. The molecule has 0 aliphatic heterocycles. The number of nitrogens with zero attached hydrogens (tertiary/aromatic N) is 1. The number of hydrogen-bond donors (Lipinski definition) is 1. The average molecular weight is 283 g/mol. The number of fused-ring (bicyclic) bond motifs is 1. The molecule has 1 aliphatic carbocycles. The van der Waals surface area contributed by atoms with Gasteiger partial charge in [0.2, 0.25) is 0 Å². The Morgan fingerprint density at radius 3 is 3.06 bits per heavy atom. The van der Waals surface area contributed by atoms with Gasteiger partial charge in [-0.2, -0.15) is 0 Å². The zero-order chi connectivity index (χ0) is 12.7. The highest BCUT2D eigenvalue weighted by Gasteiger charge is 2.25. The topological polar surface area (TPSA) is 38.9 Å². The predicted molar refractivity (Wildman–Crippen MR) is 72.7 cm³/mol. The SMILES string of the molecule is Nc1nc2c(s1)C(c1ccc(F)c(Cl)c1)CCC2. The second kappa shape index (κ2) is 4.52. The maximum atomic E-state index is 13.2. The molecule has 18 heavy (non-hydrogen) atoms. The van der Waals surface area contributed by atoms with Crippen LogP contribution in [0.1, 0.15) is 34.9 Å². The van der Waals surface area contributed by atoms with Crippen LogP contribution in [-0.4, -0.2) is 4.98 Å². The van der Waals surface area contributed by atoms with Crippen molar-refractivity contribution >= 4 is 28.1 Å². The van der Waals surface area contributed by atoms with Gasteiger partial charge >= 0.3 is 0 Å². The quantitative estimate of drug-likeness (QED) is 0.859. The first-order valence-corrected chi connectivity index (χ1v) is 7.04. The van der Waals surface area contributed by atoms with Gasteiger partial charge in [-0.15, -0.1) is 11.3 Å². The molecule has 5 heteroatoms. The molecule has 1 heterocycles. The number of anilines is 1. The first-order chi connectivity index (χ1) is 8.65. The van der Waals surface area contributed by atoms with Gasteiger partial charge in [-0.3, -0.25) is 0 Å². The maximum Gasteiger partial charge on any atom is 0.180 e. The summed E-state index contributed by atoms with van der Waals surface area (Å²) in [5.41, 5.74) is 7.91. The number of aryl methyl sites for hydroxylation is 1. The van der Waals surface area contributed by atoms with Gasteiger partial charge in [-0.05, 0) is 37.0 Å². The number of nitrogens with two attached hydrogens (primary N) is 1. The summed E-state index contributed by atoms with van der Waals surface area (Å²) in [6, 6.07) is 4.94. The molecule has 3 rings (SSSR count). The Balaban J connectivity index is 2.05. The van der Waals surface area contributed by atoms with Crippen LogP contribution in [-0.2, 0) is 6.42 Å². The third kappa shape index (κ3) is 1.99. The Kier molecular flexibility index (Phi) is 2.99. The highest BCUT2D eigenvalue weighted by atomic mass is 35.5. The maximum absolute atomic E-state index is 13.2. The molecule has 0 saturated heterocycles. The van der Waals surface area contributed by atoms with Crippen LogP contribution in [0.25, 0.3) is 0 Å². The smallest absolute Gasteiger partial charge is 0.180 e. The van der Waals surface area contributed by atoms with Crippen LogP contribution in [0.2, 0.25) is 5.02 Å². The van der Waals surface area contributed by atoms with Gasteiger partial charge in [-0.1, -0.05) is 17.7 Å². The van der Waals surface area contributed by atoms with E-state index in [4.69, 9.17) is 17.3 Å². The van der Waals surface area contributed by atoms with Crippen molar-refractivity contribution in [3.05, 3.63) is 45.2 Å². The summed E-state index contributed by atoms with van der Waals surface area (Å²) in [4.78, 5) is 5.57. The van der Waals surface area contributed by atoms with Crippen LogP contribution >= 0.6 is 22.9 Å². The van der Waals surface area contributed by atoms with E-state index >= 15 is 0 Å². The number of benzene rings is 1. The predicted octanol–water partition coefficient (Wildman–Crippen LogP) is 3.99. The van der Waals surface area contributed by atoms with Crippen LogP contribution in [0.3, 0.4) is 0 Å². The molecular weight excluding hydrogens is 271 g/mol. The van der Waals surface area contributed by atoms with Crippen LogP contribution in [0.5, 0.6) is 0 Å². The first-order valence-electron chi connectivity index (χ1n) is 5.85. The van der Waals surface area contributed by atoms with Crippen molar-refractivity contribution < 1.29 is 4.39 Å². The summed E-state index contributed by atoms with van der Waals surface area (Å²) in [6.45, 7) is 0. The van der Waals surface area contributed by atoms with Crippen molar-refractivity contribution in [1.29, 1.82) is 0 Å². The standard InChI is InChI=1S/C13H12ClFN2S/c14-9-6-7(4-5-10(9)15)8-2-1-3-11-12(8)18-13(16)17-11/h4-6,8H,1-3H2,(H2,16,17). The fraction of sp³-hybridized carbons (Fsp3) is 0.308. The Hall–Kier alpha value is -1.13. The van der Waals surface area contributed by atoms with Crippen LogP contribution < -0.4 is 5.73 Å². The van der Waals surface area contributed by atoms with E-state index in [1.807, 2.05) is 0 Å². The van der Waals surface area contributed by atoms with Crippen LogP contribution in [0.4, 0.5) is 9.52 Å². The largest absolute Gasteiger partial charge is 0.375 e. The number of aromatic nitrogens is 1. The van der Waals surface area contributed by atoms with Crippen molar-refractivity contribution in [1.82, 2.24) is 4.98 Å². The molecule has 0 fully saturated rings. The van der Waals surface area contributed by atoms with E-state index in [0.29, 0.717) is 5.13 Å². The highest BCUT2D eigenvalue weighted by molar-refractivity contribution is 7.15. The van der Waals surface area contributed by atoms with E-state index in [2.05, 4.69) is 4.98 Å². The molecule has 1 aromatic carbocycles. The fourth-order valence-corrected chi connectivity index (χ4v) is 3.72. The van der Waals surface area contributed by atoms with Crippen LogP contribution in [0, 0.1) is 5.82 Å². The molecule has 1 aromatic heterocycles. The molecule has 2 nitrogen and oxygen atoms in total. The summed E-state index contributed by atoms with van der Waals surface area (Å²) in [7, 11) is 0.